The highest BCUT2D eigenvalue weighted by Gasteiger charge is 2.42. The molecule has 0 spiro atoms. The first-order valence-electron chi connectivity index (χ1n) is 10.4. The van der Waals surface area contributed by atoms with Crippen LogP contribution in [-0.4, -0.2) is 53.3 Å². The third-order valence-corrected chi connectivity index (χ3v) is 6.24. The number of carbonyl (C=O) groups is 2. The van der Waals surface area contributed by atoms with Gasteiger partial charge in [0.2, 0.25) is 5.91 Å². The Morgan fingerprint density at radius 1 is 1.09 bits per heavy atom. The summed E-state index contributed by atoms with van der Waals surface area (Å²) in [7, 11) is 1.09. The van der Waals surface area contributed by atoms with Gasteiger partial charge in [-0.05, 0) is 36.6 Å². The Kier molecular flexibility index (Phi) is 9.76. The normalized spacial score (nSPS) is 13.3. The van der Waals surface area contributed by atoms with Crippen LogP contribution in [-0.2, 0) is 16.9 Å². The van der Waals surface area contributed by atoms with E-state index in [2.05, 4.69) is 0 Å². The standard InChI is InChI=1S/C23H24Cl2F4N2O4/c1-30(20(33)12-23(27,28)29)14-22(9-4-10-32,16-7-8-17(24)18(25)11-16)31(21(34)35)13-15-5-2-3-6-19(15)26/h2-3,5-8,11,32H,4,9-10,12-14H2,1H3,(H,34,35)/p-1/t22-/m1/s1. The first kappa shape index (κ1) is 28.7. The van der Waals surface area contributed by atoms with Gasteiger partial charge in [0.25, 0.3) is 0 Å². The fourth-order valence-corrected chi connectivity index (χ4v) is 4.12. The summed E-state index contributed by atoms with van der Waals surface area (Å²) >= 11 is 12.2. The van der Waals surface area contributed by atoms with Crippen LogP contribution >= 0.6 is 23.2 Å². The van der Waals surface area contributed by atoms with E-state index in [1.165, 1.54) is 36.4 Å². The number of amides is 2. The molecule has 12 heteroatoms. The van der Waals surface area contributed by atoms with Gasteiger partial charge in [0.15, 0.2) is 0 Å². The van der Waals surface area contributed by atoms with Gasteiger partial charge in [-0.3, -0.25) is 4.79 Å². The molecule has 0 aromatic heterocycles. The molecule has 0 unspecified atom stereocenters. The third-order valence-electron chi connectivity index (χ3n) is 5.50. The Balaban J connectivity index is 2.69. The molecule has 0 radical (unpaired) electrons. The fraction of sp³-hybridized carbons (Fsp3) is 0.391. The van der Waals surface area contributed by atoms with E-state index in [-0.39, 0.29) is 34.0 Å². The van der Waals surface area contributed by atoms with Crippen LogP contribution in [0.5, 0.6) is 0 Å². The molecule has 0 saturated heterocycles. The lowest BCUT2D eigenvalue weighted by molar-refractivity contribution is -0.274. The van der Waals surface area contributed by atoms with Crippen molar-refractivity contribution in [1.82, 2.24) is 9.80 Å². The van der Waals surface area contributed by atoms with Gasteiger partial charge in [0.1, 0.15) is 18.3 Å². The summed E-state index contributed by atoms with van der Waals surface area (Å²) in [6.45, 7) is -1.52. The molecule has 2 rings (SSSR count). The monoisotopic (exact) mass is 537 g/mol. The minimum Gasteiger partial charge on any atom is -0.530 e. The second-order valence-corrected chi connectivity index (χ2v) is 8.79. The van der Waals surface area contributed by atoms with Crippen LogP contribution in [0, 0.1) is 5.82 Å². The van der Waals surface area contributed by atoms with Crippen molar-refractivity contribution >= 4 is 35.2 Å². The number of rotatable bonds is 10. The van der Waals surface area contributed by atoms with Crippen molar-refractivity contribution in [2.24, 2.45) is 0 Å². The summed E-state index contributed by atoms with van der Waals surface area (Å²) in [6, 6.07) is 9.45. The number of nitrogens with zero attached hydrogens (tertiary/aromatic N) is 2. The number of hydrogen-bond donors (Lipinski definition) is 1. The number of aliphatic hydroxyl groups excluding tert-OH is 1. The number of halogens is 6. The minimum atomic E-state index is -4.79. The molecular weight excluding hydrogens is 515 g/mol. The zero-order chi connectivity index (χ0) is 26.4. The lowest BCUT2D eigenvalue weighted by Gasteiger charge is -2.48. The van der Waals surface area contributed by atoms with E-state index in [1.807, 2.05) is 0 Å². The first-order valence-corrected chi connectivity index (χ1v) is 11.2. The van der Waals surface area contributed by atoms with Gasteiger partial charge in [-0.2, -0.15) is 13.2 Å². The number of likely N-dealkylation sites (N-methyl/N-ethyl adjacent to an activating group) is 1. The summed E-state index contributed by atoms with van der Waals surface area (Å²) in [6.07, 6.45) is -8.49. The molecular formula is C23H23Cl2F4N2O4-. The maximum Gasteiger partial charge on any atom is 0.397 e. The minimum absolute atomic E-state index is 0.0113. The number of aliphatic hydroxyl groups is 1. The molecule has 0 bridgehead atoms. The molecule has 0 heterocycles. The number of carbonyl (C=O) groups excluding carboxylic acids is 2. The Hall–Kier alpha value is -2.56. The number of benzene rings is 2. The molecule has 2 aromatic carbocycles. The number of hydrogen-bond acceptors (Lipinski definition) is 4. The fourth-order valence-electron chi connectivity index (χ4n) is 3.82. The topological polar surface area (TPSA) is 83.9 Å². The second-order valence-electron chi connectivity index (χ2n) is 7.97. The molecule has 1 atom stereocenters. The summed E-state index contributed by atoms with van der Waals surface area (Å²) in [5.41, 5.74) is -1.63. The molecule has 6 nitrogen and oxygen atoms in total. The first-order chi connectivity index (χ1) is 16.3. The highest BCUT2D eigenvalue weighted by atomic mass is 35.5. The van der Waals surface area contributed by atoms with E-state index in [0.717, 1.165) is 22.9 Å². The average Bonchev–Trinajstić information content (AvgIpc) is 2.76. The van der Waals surface area contributed by atoms with E-state index in [1.54, 1.807) is 0 Å². The Labute approximate surface area is 209 Å². The largest absolute Gasteiger partial charge is 0.530 e. The van der Waals surface area contributed by atoms with Crippen molar-refractivity contribution in [3.05, 3.63) is 69.5 Å². The molecule has 0 saturated carbocycles. The molecule has 1 N–H and O–H groups in total. The molecule has 2 amide bonds. The molecule has 0 aliphatic carbocycles. The molecule has 0 fully saturated rings. The summed E-state index contributed by atoms with van der Waals surface area (Å²) in [5, 5.41) is 22.1. The van der Waals surface area contributed by atoms with Gasteiger partial charge in [-0.25, -0.2) is 4.39 Å². The highest BCUT2D eigenvalue weighted by molar-refractivity contribution is 6.42. The molecule has 0 aliphatic rings. The predicted octanol–water partition coefficient (Wildman–Crippen LogP) is 4.36. The molecule has 35 heavy (non-hydrogen) atoms. The lowest BCUT2D eigenvalue weighted by atomic mass is 9.82. The van der Waals surface area contributed by atoms with E-state index >= 15 is 0 Å². The highest BCUT2D eigenvalue weighted by Crippen LogP contribution is 2.39. The zero-order valence-corrected chi connectivity index (χ0v) is 20.1. The Morgan fingerprint density at radius 3 is 2.29 bits per heavy atom. The molecule has 192 valence electrons. The second kappa shape index (κ2) is 11.9. The molecule has 0 aliphatic heterocycles. The van der Waals surface area contributed by atoms with Crippen LogP contribution < -0.4 is 5.11 Å². The maximum atomic E-state index is 14.4. The summed E-state index contributed by atoms with van der Waals surface area (Å²) in [5.74, 6) is -2.03. The average molecular weight is 538 g/mol. The van der Waals surface area contributed by atoms with Crippen molar-refractivity contribution in [2.45, 2.75) is 37.5 Å². The van der Waals surface area contributed by atoms with Gasteiger partial charge in [-0.15, -0.1) is 0 Å². The van der Waals surface area contributed by atoms with E-state index in [9.17, 15) is 37.4 Å². The van der Waals surface area contributed by atoms with Crippen molar-refractivity contribution in [3.63, 3.8) is 0 Å². The zero-order valence-electron chi connectivity index (χ0n) is 18.6. The predicted molar refractivity (Wildman–Crippen MR) is 120 cm³/mol. The quantitative estimate of drug-likeness (QED) is 0.456. The van der Waals surface area contributed by atoms with Gasteiger partial charge in [0.05, 0.1) is 15.6 Å². The van der Waals surface area contributed by atoms with Crippen LogP contribution in [0.4, 0.5) is 22.4 Å². The van der Waals surface area contributed by atoms with Gasteiger partial charge < -0.3 is 24.8 Å². The Morgan fingerprint density at radius 2 is 1.74 bits per heavy atom. The van der Waals surface area contributed by atoms with Crippen molar-refractivity contribution in [3.8, 4) is 0 Å². The number of alkyl halides is 3. The van der Waals surface area contributed by atoms with E-state index in [4.69, 9.17) is 23.2 Å². The van der Waals surface area contributed by atoms with Crippen LogP contribution in [0.15, 0.2) is 42.5 Å². The van der Waals surface area contributed by atoms with Gasteiger partial charge >= 0.3 is 6.18 Å². The maximum absolute atomic E-state index is 14.4. The number of carboxylic acid groups (broad SMARTS) is 1. The smallest absolute Gasteiger partial charge is 0.397 e. The lowest BCUT2D eigenvalue weighted by Crippen LogP contribution is -2.59. The molecule has 2 aromatic rings. The third kappa shape index (κ3) is 7.46. The summed E-state index contributed by atoms with van der Waals surface area (Å²) in [4.78, 5) is 26.2. The van der Waals surface area contributed by atoms with Crippen LogP contribution in [0.3, 0.4) is 0 Å². The van der Waals surface area contributed by atoms with E-state index < -0.39 is 55.7 Å². The Bertz CT molecular complexity index is 1050. The SMILES string of the molecule is CN(C[C@](CCCO)(c1ccc(Cl)c(Cl)c1)N(Cc1ccccc1F)C(=O)[O-])C(=O)CC(F)(F)F. The van der Waals surface area contributed by atoms with Crippen molar-refractivity contribution in [1.29, 1.82) is 0 Å². The van der Waals surface area contributed by atoms with Crippen LogP contribution in [0.1, 0.15) is 30.4 Å². The summed E-state index contributed by atoms with van der Waals surface area (Å²) < 4.78 is 53.1. The van der Waals surface area contributed by atoms with Gasteiger partial charge in [0, 0.05) is 32.3 Å². The van der Waals surface area contributed by atoms with Crippen LogP contribution in [0.25, 0.3) is 0 Å². The van der Waals surface area contributed by atoms with Crippen LogP contribution in [0.2, 0.25) is 10.0 Å². The van der Waals surface area contributed by atoms with E-state index in [0.29, 0.717) is 0 Å². The van der Waals surface area contributed by atoms with Crippen molar-refractivity contribution < 1.29 is 37.4 Å². The van der Waals surface area contributed by atoms with Gasteiger partial charge in [-0.1, -0.05) is 47.5 Å². The van der Waals surface area contributed by atoms with Crippen molar-refractivity contribution in [2.75, 3.05) is 20.2 Å².